The number of rotatable bonds is 2. The van der Waals surface area contributed by atoms with Crippen molar-refractivity contribution < 1.29 is 14.3 Å². The zero-order valence-electron chi connectivity index (χ0n) is 8.40. The first-order valence-corrected chi connectivity index (χ1v) is 4.85. The van der Waals surface area contributed by atoms with Crippen LogP contribution in [0.15, 0.2) is 18.2 Å². The van der Waals surface area contributed by atoms with Gasteiger partial charge in [-0.3, -0.25) is 0 Å². The van der Waals surface area contributed by atoms with Crippen molar-refractivity contribution in [3.8, 4) is 0 Å². The molecule has 2 rings (SSSR count). The van der Waals surface area contributed by atoms with E-state index in [9.17, 15) is 9.18 Å². The first kappa shape index (κ1) is 9.96. The van der Waals surface area contributed by atoms with Crippen LogP contribution in [0.3, 0.4) is 0 Å². The number of nitrogens with zero attached hydrogens (tertiary/aromatic N) is 1. The minimum Gasteiger partial charge on any atom is -0.478 e. The summed E-state index contributed by atoms with van der Waals surface area (Å²) >= 11 is 0. The highest BCUT2D eigenvalue weighted by Crippen LogP contribution is 2.25. The maximum absolute atomic E-state index is 13.3. The van der Waals surface area contributed by atoms with E-state index >= 15 is 0 Å². The van der Waals surface area contributed by atoms with Crippen LogP contribution in [0, 0.1) is 11.7 Å². The second-order valence-electron chi connectivity index (χ2n) is 3.98. The number of halogens is 1. The van der Waals surface area contributed by atoms with Gasteiger partial charge >= 0.3 is 5.97 Å². The van der Waals surface area contributed by atoms with Crippen molar-refractivity contribution >= 4 is 11.7 Å². The molecule has 4 heteroatoms. The summed E-state index contributed by atoms with van der Waals surface area (Å²) in [5.74, 6) is -1.26. The van der Waals surface area contributed by atoms with Gasteiger partial charge in [0.1, 0.15) is 5.82 Å². The highest BCUT2D eigenvalue weighted by Gasteiger charge is 2.23. The van der Waals surface area contributed by atoms with Gasteiger partial charge in [-0.25, -0.2) is 9.18 Å². The highest BCUT2D eigenvalue weighted by atomic mass is 19.1. The first-order valence-electron chi connectivity index (χ1n) is 4.85. The lowest BCUT2D eigenvalue weighted by Gasteiger charge is -2.39. The van der Waals surface area contributed by atoms with E-state index in [1.165, 1.54) is 12.1 Å². The quantitative estimate of drug-likeness (QED) is 0.809. The molecule has 1 aliphatic heterocycles. The third-order valence-electron chi connectivity index (χ3n) is 2.61. The van der Waals surface area contributed by atoms with E-state index in [1.54, 1.807) is 6.07 Å². The van der Waals surface area contributed by atoms with Crippen LogP contribution in [0.25, 0.3) is 0 Å². The fraction of sp³-hybridized carbons (Fsp3) is 0.364. The fourth-order valence-corrected chi connectivity index (χ4v) is 1.78. The molecule has 0 amide bonds. The molecule has 1 N–H and O–H groups in total. The molecule has 1 aliphatic rings. The van der Waals surface area contributed by atoms with Gasteiger partial charge in [0.15, 0.2) is 0 Å². The molecule has 80 valence electrons. The molecule has 0 saturated carbocycles. The maximum atomic E-state index is 13.3. The summed E-state index contributed by atoms with van der Waals surface area (Å²) in [5, 5.41) is 8.65. The third-order valence-corrected chi connectivity index (χ3v) is 2.61. The van der Waals surface area contributed by atoms with Gasteiger partial charge < -0.3 is 10.0 Å². The van der Waals surface area contributed by atoms with Gasteiger partial charge in [0.25, 0.3) is 0 Å². The van der Waals surface area contributed by atoms with Crippen LogP contribution in [-0.4, -0.2) is 24.2 Å². The van der Waals surface area contributed by atoms with Crippen molar-refractivity contribution in [3.63, 3.8) is 0 Å². The first-order chi connectivity index (χ1) is 7.08. The predicted octanol–water partition coefficient (Wildman–Crippen LogP) is 1.98. The lowest BCUT2D eigenvalue weighted by Crippen LogP contribution is -2.45. The largest absolute Gasteiger partial charge is 0.478 e. The van der Waals surface area contributed by atoms with Gasteiger partial charge in [-0.1, -0.05) is 6.92 Å². The summed E-state index contributed by atoms with van der Waals surface area (Å²) < 4.78 is 13.3. The van der Waals surface area contributed by atoms with Crippen molar-refractivity contribution in [3.05, 3.63) is 29.6 Å². The SMILES string of the molecule is CC1CN(c2ccc(C(=O)O)c(F)c2)C1. The number of carboxylic acid groups (broad SMARTS) is 1. The van der Waals surface area contributed by atoms with Gasteiger partial charge in [-0.2, -0.15) is 0 Å². The molecule has 1 saturated heterocycles. The van der Waals surface area contributed by atoms with E-state index in [2.05, 4.69) is 6.92 Å². The number of anilines is 1. The van der Waals surface area contributed by atoms with Gasteiger partial charge in [0, 0.05) is 18.8 Å². The third kappa shape index (κ3) is 1.79. The van der Waals surface area contributed by atoms with E-state index in [4.69, 9.17) is 5.11 Å². The summed E-state index contributed by atoms with van der Waals surface area (Å²) in [7, 11) is 0. The molecule has 0 spiro atoms. The number of hydrogen-bond acceptors (Lipinski definition) is 2. The summed E-state index contributed by atoms with van der Waals surface area (Å²) in [6.07, 6.45) is 0. The summed E-state index contributed by atoms with van der Waals surface area (Å²) in [6.45, 7) is 3.94. The predicted molar refractivity (Wildman–Crippen MR) is 54.7 cm³/mol. The van der Waals surface area contributed by atoms with Crippen LogP contribution in [-0.2, 0) is 0 Å². The molecule has 1 aromatic rings. The van der Waals surface area contributed by atoms with Gasteiger partial charge in [0.05, 0.1) is 5.56 Å². The van der Waals surface area contributed by atoms with Crippen LogP contribution >= 0.6 is 0 Å². The monoisotopic (exact) mass is 209 g/mol. The highest BCUT2D eigenvalue weighted by molar-refractivity contribution is 5.88. The summed E-state index contributed by atoms with van der Waals surface area (Å²) in [4.78, 5) is 12.6. The number of carbonyl (C=O) groups is 1. The summed E-state index contributed by atoms with van der Waals surface area (Å²) in [6, 6.07) is 4.25. The number of carboxylic acids is 1. The second-order valence-corrected chi connectivity index (χ2v) is 3.98. The van der Waals surface area contributed by atoms with Crippen molar-refractivity contribution in [1.29, 1.82) is 0 Å². The molecule has 1 heterocycles. The normalized spacial score (nSPS) is 16.3. The Morgan fingerprint density at radius 3 is 2.67 bits per heavy atom. The van der Waals surface area contributed by atoms with Crippen LogP contribution < -0.4 is 4.90 Å². The maximum Gasteiger partial charge on any atom is 0.338 e. The Hall–Kier alpha value is -1.58. The second kappa shape index (κ2) is 3.53. The zero-order valence-corrected chi connectivity index (χ0v) is 8.40. The Morgan fingerprint density at radius 1 is 1.53 bits per heavy atom. The molecule has 3 nitrogen and oxygen atoms in total. The molecule has 0 bridgehead atoms. The Balaban J connectivity index is 2.22. The Morgan fingerprint density at radius 2 is 2.20 bits per heavy atom. The molecular weight excluding hydrogens is 197 g/mol. The van der Waals surface area contributed by atoms with Crippen molar-refractivity contribution in [2.45, 2.75) is 6.92 Å². The standard InChI is InChI=1S/C11H12FNO2/c1-7-5-13(6-7)8-2-3-9(11(14)15)10(12)4-8/h2-4,7H,5-6H2,1H3,(H,14,15). The zero-order chi connectivity index (χ0) is 11.0. The van der Waals surface area contributed by atoms with Crippen LogP contribution in [0.4, 0.5) is 10.1 Å². The van der Waals surface area contributed by atoms with Crippen LogP contribution in [0.5, 0.6) is 0 Å². The van der Waals surface area contributed by atoms with Gasteiger partial charge in [-0.05, 0) is 24.1 Å². The molecule has 0 aromatic heterocycles. The van der Waals surface area contributed by atoms with E-state index in [0.717, 1.165) is 18.8 Å². The summed E-state index contributed by atoms with van der Waals surface area (Å²) in [5.41, 5.74) is 0.489. The molecular formula is C11H12FNO2. The topological polar surface area (TPSA) is 40.5 Å². The molecule has 0 atom stereocenters. The van der Waals surface area contributed by atoms with Crippen molar-refractivity contribution in [2.24, 2.45) is 5.92 Å². The average molecular weight is 209 g/mol. The van der Waals surface area contributed by atoms with E-state index in [0.29, 0.717) is 5.92 Å². The Bertz CT molecular complexity index is 400. The number of hydrogen-bond donors (Lipinski definition) is 1. The van der Waals surface area contributed by atoms with Crippen molar-refractivity contribution in [1.82, 2.24) is 0 Å². The molecule has 1 fully saturated rings. The van der Waals surface area contributed by atoms with E-state index < -0.39 is 11.8 Å². The molecule has 0 unspecified atom stereocenters. The van der Waals surface area contributed by atoms with E-state index in [-0.39, 0.29) is 5.56 Å². The number of aromatic carboxylic acids is 1. The fourth-order valence-electron chi connectivity index (χ4n) is 1.78. The lowest BCUT2D eigenvalue weighted by atomic mass is 10.0. The van der Waals surface area contributed by atoms with E-state index in [1.807, 2.05) is 4.90 Å². The molecule has 1 aromatic carbocycles. The van der Waals surface area contributed by atoms with Gasteiger partial charge in [-0.15, -0.1) is 0 Å². The van der Waals surface area contributed by atoms with Crippen molar-refractivity contribution in [2.75, 3.05) is 18.0 Å². The molecule has 0 aliphatic carbocycles. The smallest absolute Gasteiger partial charge is 0.338 e. The molecule has 15 heavy (non-hydrogen) atoms. The Kier molecular flexibility index (Phi) is 2.34. The minimum absolute atomic E-state index is 0.271. The molecule has 0 radical (unpaired) electrons. The average Bonchev–Trinajstić information content (AvgIpc) is 2.12. The van der Waals surface area contributed by atoms with Crippen LogP contribution in [0.1, 0.15) is 17.3 Å². The van der Waals surface area contributed by atoms with Crippen LogP contribution in [0.2, 0.25) is 0 Å². The number of benzene rings is 1. The lowest BCUT2D eigenvalue weighted by molar-refractivity contribution is 0.0692. The van der Waals surface area contributed by atoms with Gasteiger partial charge in [0.2, 0.25) is 0 Å². The minimum atomic E-state index is -1.23. The Labute approximate surface area is 87.1 Å².